The summed E-state index contributed by atoms with van der Waals surface area (Å²) >= 11 is 6.21. The van der Waals surface area contributed by atoms with Crippen LogP contribution in [0.15, 0.2) is 29.3 Å². The van der Waals surface area contributed by atoms with Gasteiger partial charge < -0.3 is 15.4 Å². The van der Waals surface area contributed by atoms with E-state index in [2.05, 4.69) is 35.4 Å². The average molecular weight is 495 g/mol. The second-order valence-electron chi connectivity index (χ2n) is 6.51. The van der Waals surface area contributed by atoms with Crippen LogP contribution < -0.4 is 10.6 Å². The third-order valence-corrected chi connectivity index (χ3v) is 4.59. The van der Waals surface area contributed by atoms with Crippen LogP contribution in [0.2, 0.25) is 5.02 Å². The SMILES string of the molecule is CCNC(=NCC(C)CN1CCOCC1)NCCc1ccccc1Cl.I. The zero-order valence-corrected chi connectivity index (χ0v) is 18.9. The Balaban J connectivity index is 0.00000338. The molecule has 1 aliphatic rings. The van der Waals surface area contributed by atoms with Crippen LogP contribution in [0.3, 0.4) is 0 Å². The summed E-state index contributed by atoms with van der Waals surface area (Å²) in [6.07, 6.45) is 0.882. The number of guanidine groups is 1. The van der Waals surface area contributed by atoms with Crippen molar-refractivity contribution >= 4 is 41.5 Å². The minimum atomic E-state index is 0. The van der Waals surface area contributed by atoms with Gasteiger partial charge >= 0.3 is 0 Å². The molecule has 1 aromatic rings. The van der Waals surface area contributed by atoms with E-state index in [9.17, 15) is 0 Å². The predicted octanol–water partition coefficient (Wildman–Crippen LogP) is 3.02. The number of aliphatic imine (C=N–C) groups is 1. The molecule has 1 unspecified atom stereocenters. The van der Waals surface area contributed by atoms with Crippen LogP contribution in [0.25, 0.3) is 0 Å². The van der Waals surface area contributed by atoms with Crippen molar-refractivity contribution in [2.24, 2.45) is 10.9 Å². The molecule has 0 spiro atoms. The zero-order valence-electron chi connectivity index (χ0n) is 15.8. The Labute approximate surface area is 179 Å². The van der Waals surface area contributed by atoms with Gasteiger partial charge in [0.15, 0.2) is 5.96 Å². The summed E-state index contributed by atoms with van der Waals surface area (Å²) in [6.45, 7) is 11.7. The van der Waals surface area contributed by atoms with Crippen LogP contribution in [0.1, 0.15) is 19.4 Å². The van der Waals surface area contributed by atoms with E-state index in [1.807, 2.05) is 18.2 Å². The number of ether oxygens (including phenoxy) is 1. The van der Waals surface area contributed by atoms with Gasteiger partial charge in [0.2, 0.25) is 0 Å². The molecular weight excluding hydrogens is 463 g/mol. The van der Waals surface area contributed by atoms with Gasteiger partial charge in [-0.2, -0.15) is 0 Å². The van der Waals surface area contributed by atoms with E-state index in [1.54, 1.807) is 0 Å². The number of morpholine rings is 1. The molecule has 5 nitrogen and oxygen atoms in total. The molecule has 0 saturated carbocycles. The molecule has 1 fully saturated rings. The molecule has 1 aromatic carbocycles. The molecule has 1 aliphatic heterocycles. The molecule has 0 radical (unpaired) electrons. The third kappa shape index (κ3) is 8.88. The maximum Gasteiger partial charge on any atom is 0.191 e. The highest BCUT2D eigenvalue weighted by molar-refractivity contribution is 14.0. The van der Waals surface area contributed by atoms with Crippen molar-refractivity contribution in [1.82, 2.24) is 15.5 Å². The molecule has 26 heavy (non-hydrogen) atoms. The van der Waals surface area contributed by atoms with E-state index in [0.717, 1.165) is 75.4 Å². The second kappa shape index (κ2) is 13.6. The first-order valence-corrected chi connectivity index (χ1v) is 9.62. The van der Waals surface area contributed by atoms with Gasteiger partial charge in [0.25, 0.3) is 0 Å². The first-order valence-electron chi connectivity index (χ1n) is 9.24. The van der Waals surface area contributed by atoms with Crippen molar-refractivity contribution in [1.29, 1.82) is 0 Å². The lowest BCUT2D eigenvalue weighted by molar-refractivity contribution is 0.0323. The van der Waals surface area contributed by atoms with Crippen molar-refractivity contribution in [3.05, 3.63) is 34.9 Å². The van der Waals surface area contributed by atoms with Crippen molar-refractivity contribution in [3.8, 4) is 0 Å². The number of nitrogens with zero attached hydrogens (tertiary/aromatic N) is 2. The van der Waals surface area contributed by atoms with Crippen molar-refractivity contribution < 1.29 is 4.74 Å². The molecule has 0 bridgehead atoms. The second-order valence-corrected chi connectivity index (χ2v) is 6.91. The number of hydrogen-bond donors (Lipinski definition) is 2. The molecule has 148 valence electrons. The van der Waals surface area contributed by atoms with Crippen LogP contribution >= 0.6 is 35.6 Å². The Bertz CT molecular complexity index is 538. The number of hydrogen-bond acceptors (Lipinski definition) is 3. The number of halogens is 2. The quantitative estimate of drug-likeness (QED) is 0.331. The minimum absolute atomic E-state index is 0. The van der Waals surface area contributed by atoms with Crippen molar-refractivity contribution in [3.63, 3.8) is 0 Å². The summed E-state index contributed by atoms with van der Waals surface area (Å²) in [4.78, 5) is 7.20. The van der Waals surface area contributed by atoms with Gasteiger partial charge in [0.1, 0.15) is 0 Å². The van der Waals surface area contributed by atoms with Gasteiger partial charge in [-0.25, -0.2) is 0 Å². The van der Waals surface area contributed by atoms with Gasteiger partial charge in [-0.05, 0) is 30.9 Å². The topological polar surface area (TPSA) is 48.9 Å². The van der Waals surface area contributed by atoms with Crippen LogP contribution in [0, 0.1) is 5.92 Å². The predicted molar refractivity (Wildman–Crippen MR) is 121 cm³/mol. The van der Waals surface area contributed by atoms with Crippen molar-refractivity contribution in [2.75, 3.05) is 52.5 Å². The molecular formula is C19H32ClIN4O. The lowest BCUT2D eigenvalue weighted by Crippen LogP contribution is -2.40. The number of benzene rings is 1. The minimum Gasteiger partial charge on any atom is -0.379 e. The molecule has 1 atom stereocenters. The monoisotopic (exact) mass is 494 g/mol. The molecule has 2 rings (SSSR count). The molecule has 1 saturated heterocycles. The fourth-order valence-corrected chi connectivity index (χ4v) is 3.12. The lowest BCUT2D eigenvalue weighted by Gasteiger charge is -2.28. The van der Waals surface area contributed by atoms with Gasteiger partial charge in [-0.1, -0.05) is 36.7 Å². The van der Waals surface area contributed by atoms with E-state index < -0.39 is 0 Å². The van der Waals surface area contributed by atoms with E-state index in [4.69, 9.17) is 21.3 Å². The number of nitrogens with one attached hydrogen (secondary N) is 2. The van der Waals surface area contributed by atoms with Gasteiger partial charge in [0.05, 0.1) is 13.2 Å². The zero-order chi connectivity index (χ0) is 17.9. The Hall–Kier alpha value is -0.570. The third-order valence-electron chi connectivity index (χ3n) is 4.22. The van der Waals surface area contributed by atoms with Gasteiger partial charge in [0, 0.05) is 44.3 Å². The van der Waals surface area contributed by atoms with Crippen LogP contribution in [0.5, 0.6) is 0 Å². The maximum atomic E-state index is 6.21. The molecule has 0 aliphatic carbocycles. The van der Waals surface area contributed by atoms with Crippen LogP contribution in [0.4, 0.5) is 0 Å². The summed E-state index contributed by atoms with van der Waals surface area (Å²) in [5.41, 5.74) is 1.16. The first-order chi connectivity index (χ1) is 12.2. The highest BCUT2D eigenvalue weighted by Crippen LogP contribution is 2.14. The summed E-state index contributed by atoms with van der Waals surface area (Å²) in [5.74, 6) is 1.40. The Morgan fingerprint density at radius 3 is 2.69 bits per heavy atom. The molecule has 2 N–H and O–H groups in total. The largest absolute Gasteiger partial charge is 0.379 e. The molecule has 1 heterocycles. The normalized spacial score (nSPS) is 16.7. The first kappa shape index (κ1) is 23.5. The fraction of sp³-hybridized carbons (Fsp3) is 0.632. The Morgan fingerprint density at radius 2 is 2.00 bits per heavy atom. The summed E-state index contributed by atoms with van der Waals surface area (Å²) < 4.78 is 5.40. The van der Waals surface area contributed by atoms with Gasteiger partial charge in [-0.3, -0.25) is 9.89 Å². The Kier molecular flexibility index (Phi) is 12.3. The van der Waals surface area contributed by atoms with E-state index in [0.29, 0.717) is 5.92 Å². The van der Waals surface area contributed by atoms with E-state index >= 15 is 0 Å². The van der Waals surface area contributed by atoms with Crippen LogP contribution in [-0.2, 0) is 11.2 Å². The smallest absolute Gasteiger partial charge is 0.191 e. The highest BCUT2D eigenvalue weighted by atomic mass is 127. The lowest BCUT2D eigenvalue weighted by atomic mass is 10.1. The van der Waals surface area contributed by atoms with Crippen molar-refractivity contribution in [2.45, 2.75) is 20.3 Å². The van der Waals surface area contributed by atoms with E-state index in [1.165, 1.54) is 0 Å². The molecule has 0 aromatic heterocycles. The molecule has 0 amide bonds. The number of rotatable bonds is 8. The van der Waals surface area contributed by atoms with Gasteiger partial charge in [-0.15, -0.1) is 24.0 Å². The Morgan fingerprint density at radius 1 is 1.27 bits per heavy atom. The average Bonchev–Trinajstić information content (AvgIpc) is 2.62. The summed E-state index contributed by atoms with van der Waals surface area (Å²) in [6, 6.07) is 7.98. The van der Waals surface area contributed by atoms with Crippen LogP contribution in [-0.4, -0.2) is 63.3 Å². The highest BCUT2D eigenvalue weighted by Gasteiger charge is 2.13. The summed E-state index contributed by atoms with van der Waals surface area (Å²) in [7, 11) is 0. The molecule has 7 heteroatoms. The maximum absolute atomic E-state index is 6.21. The summed E-state index contributed by atoms with van der Waals surface area (Å²) in [5, 5.41) is 7.54. The fourth-order valence-electron chi connectivity index (χ4n) is 2.89. The van der Waals surface area contributed by atoms with E-state index in [-0.39, 0.29) is 24.0 Å². The standard InChI is InChI=1S/C19H31ClN4O.HI/c1-3-21-19(22-9-8-17-6-4-5-7-18(17)20)23-14-16(2)15-24-10-12-25-13-11-24;/h4-7,16H,3,8-15H2,1-2H3,(H2,21,22,23);1H.